The first-order valence-electron chi connectivity index (χ1n) is 8.23. The van der Waals surface area contributed by atoms with Crippen LogP contribution in [0.2, 0.25) is 0 Å². The van der Waals surface area contributed by atoms with Crippen molar-refractivity contribution in [2.45, 2.75) is 25.2 Å². The van der Waals surface area contributed by atoms with Gasteiger partial charge in [-0.05, 0) is 61.1 Å². The zero-order valence-electron chi connectivity index (χ0n) is 12.9. The Morgan fingerprint density at radius 2 is 1.83 bits per heavy atom. The highest BCUT2D eigenvalue weighted by molar-refractivity contribution is 5.83. The van der Waals surface area contributed by atoms with E-state index in [1.54, 1.807) is 12.1 Å². The van der Waals surface area contributed by atoms with Gasteiger partial charge in [0.2, 0.25) is 5.91 Å². The third-order valence-electron chi connectivity index (χ3n) is 4.88. The molecule has 1 aliphatic carbocycles. The van der Waals surface area contributed by atoms with Crippen LogP contribution in [0.15, 0.2) is 42.6 Å². The molecule has 1 aliphatic heterocycles. The molecule has 2 aliphatic rings. The van der Waals surface area contributed by atoms with E-state index in [4.69, 9.17) is 0 Å². The second kappa shape index (κ2) is 5.76. The van der Waals surface area contributed by atoms with Crippen molar-refractivity contribution in [1.29, 1.82) is 0 Å². The minimum Gasteiger partial charge on any atom is -0.342 e. The maximum atomic E-state index is 13.0. The maximum absolute atomic E-state index is 13.0. The van der Waals surface area contributed by atoms with Crippen molar-refractivity contribution in [3.05, 3.63) is 54.0 Å². The fourth-order valence-electron chi connectivity index (χ4n) is 3.42. The van der Waals surface area contributed by atoms with Gasteiger partial charge in [-0.15, -0.1) is 0 Å². The summed E-state index contributed by atoms with van der Waals surface area (Å²) in [7, 11) is 0. The predicted octanol–water partition coefficient (Wildman–Crippen LogP) is 3.61. The molecular weight excluding hydrogens is 291 g/mol. The number of amides is 1. The Labute approximate surface area is 135 Å². The lowest BCUT2D eigenvalue weighted by molar-refractivity contribution is -0.131. The summed E-state index contributed by atoms with van der Waals surface area (Å²) in [5, 5.41) is 0. The number of benzene rings is 1. The van der Waals surface area contributed by atoms with Crippen LogP contribution in [0.5, 0.6) is 0 Å². The molecule has 2 fully saturated rings. The van der Waals surface area contributed by atoms with Crippen LogP contribution in [0.1, 0.15) is 30.7 Å². The normalized spacial score (nSPS) is 23.1. The second-order valence-corrected chi connectivity index (χ2v) is 6.46. The van der Waals surface area contributed by atoms with Crippen LogP contribution in [0.4, 0.5) is 4.39 Å². The van der Waals surface area contributed by atoms with E-state index in [9.17, 15) is 9.18 Å². The van der Waals surface area contributed by atoms with Crippen LogP contribution in [0, 0.1) is 11.7 Å². The average molecular weight is 310 g/mol. The van der Waals surface area contributed by atoms with Crippen molar-refractivity contribution in [2.24, 2.45) is 5.92 Å². The Hall–Kier alpha value is -2.23. The lowest BCUT2D eigenvalue weighted by Gasteiger charge is -2.14. The van der Waals surface area contributed by atoms with Gasteiger partial charge in [-0.3, -0.25) is 9.78 Å². The van der Waals surface area contributed by atoms with Gasteiger partial charge in [0, 0.05) is 30.8 Å². The van der Waals surface area contributed by atoms with Gasteiger partial charge >= 0.3 is 0 Å². The Kier molecular flexibility index (Phi) is 3.60. The van der Waals surface area contributed by atoms with Crippen LogP contribution in [-0.2, 0) is 4.79 Å². The standard InChI is InChI=1S/C19H19FN2O/c20-15-6-3-13(4-7-15)18-8-5-14(12-21-18)16-11-17(16)19(23)22-9-1-2-10-22/h3-8,12,16-17H,1-2,9-11H2/t16-,17+/m0/s1. The summed E-state index contributed by atoms with van der Waals surface area (Å²) in [4.78, 5) is 18.9. The molecule has 0 N–H and O–H groups in total. The first-order valence-corrected chi connectivity index (χ1v) is 8.23. The van der Waals surface area contributed by atoms with Crippen LogP contribution in [0.25, 0.3) is 11.3 Å². The molecular formula is C19H19FN2O. The Bertz CT molecular complexity index is 705. The smallest absolute Gasteiger partial charge is 0.226 e. The summed E-state index contributed by atoms with van der Waals surface area (Å²) in [5.74, 6) is 0.533. The van der Waals surface area contributed by atoms with E-state index in [1.807, 2.05) is 23.2 Å². The fourth-order valence-corrected chi connectivity index (χ4v) is 3.42. The number of rotatable bonds is 3. The van der Waals surface area contributed by atoms with E-state index in [-0.39, 0.29) is 11.7 Å². The molecule has 1 saturated carbocycles. The van der Waals surface area contributed by atoms with Gasteiger partial charge in [0.05, 0.1) is 5.69 Å². The van der Waals surface area contributed by atoms with Crippen LogP contribution >= 0.6 is 0 Å². The predicted molar refractivity (Wildman–Crippen MR) is 86.3 cm³/mol. The summed E-state index contributed by atoms with van der Waals surface area (Å²) in [5.41, 5.74) is 2.86. The number of likely N-dealkylation sites (tertiary alicyclic amines) is 1. The molecule has 4 rings (SSSR count). The number of aromatic nitrogens is 1. The summed E-state index contributed by atoms with van der Waals surface area (Å²) in [6.45, 7) is 1.84. The van der Waals surface area contributed by atoms with Gasteiger partial charge in [-0.25, -0.2) is 4.39 Å². The molecule has 0 unspecified atom stereocenters. The maximum Gasteiger partial charge on any atom is 0.226 e. The molecule has 3 nitrogen and oxygen atoms in total. The van der Waals surface area contributed by atoms with E-state index in [0.29, 0.717) is 11.8 Å². The zero-order chi connectivity index (χ0) is 15.8. The van der Waals surface area contributed by atoms with Crippen LogP contribution in [-0.4, -0.2) is 28.9 Å². The molecule has 0 radical (unpaired) electrons. The Balaban J connectivity index is 1.45. The molecule has 1 aromatic carbocycles. The third-order valence-corrected chi connectivity index (χ3v) is 4.88. The van der Waals surface area contributed by atoms with Gasteiger partial charge in [-0.1, -0.05) is 6.07 Å². The molecule has 0 spiro atoms. The minimum atomic E-state index is -0.244. The second-order valence-electron chi connectivity index (χ2n) is 6.46. The van der Waals surface area contributed by atoms with E-state index < -0.39 is 0 Å². The lowest BCUT2D eigenvalue weighted by atomic mass is 10.1. The molecule has 2 aromatic rings. The van der Waals surface area contributed by atoms with Crippen LogP contribution < -0.4 is 0 Å². The molecule has 1 saturated heterocycles. The van der Waals surface area contributed by atoms with Gasteiger partial charge in [0.15, 0.2) is 0 Å². The summed E-state index contributed by atoms with van der Waals surface area (Å²) >= 11 is 0. The number of halogens is 1. The molecule has 4 heteroatoms. The van der Waals surface area contributed by atoms with E-state index in [1.165, 1.54) is 12.1 Å². The molecule has 2 heterocycles. The summed E-state index contributed by atoms with van der Waals surface area (Å²) in [6, 6.07) is 10.3. The molecule has 0 bridgehead atoms. The molecule has 1 amide bonds. The van der Waals surface area contributed by atoms with Gasteiger partial charge in [0.25, 0.3) is 0 Å². The summed E-state index contributed by atoms with van der Waals surface area (Å²) in [6.07, 6.45) is 5.07. The highest BCUT2D eigenvalue weighted by atomic mass is 19.1. The number of hydrogen-bond acceptors (Lipinski definition) is 2. The van der Waals surface area contributed by atoms with Crippen molar-refractivity contribution in [1.82, 2.24) is 9.88 Å². The number of carbonyl (C=O) groups is 1. The van der Waals surface area contributed by atoms with Crippen molar-refractivity contribution >= 4 is 5.91 Å². The van der Waals surface area contributed by atoms with Gasteiger partial charge in [0.1, 0.15) is 5.82 Å². The molecule has 2 atom stereocenters. The Morgan fingerprint density at radius 3 is 2.48 bits per heavy atom. The van der Waals surface area contributed by atoms with Crippen molar-refractivity contribution < 1.29 is 9.18 Å². The fraction of sp³-hybridized carbons (Fsp3) is 0.368. The third kappa shape index (κ3) is 2.85. The number of carbonyl (C=O) groups excluding carboxylic acids is 1. The summed E-state index contributed by atoms with van der Waals surface area (Å²) < 4.78 is 13.0. The number of nitrogens with zero attached hydrogens (tertiary/aromatic N) is 2. The van der Waals surface area contributed by atoms with Crippen molar-refractivity contribution in [3.63, 3.8) is 0 Å². The topological polar surface area (TPSA) is 33.2 Å². The lowest BCUT2D eigenvalue weighted by Crippen LogP contribution is -2.29. The van der Waals surface area contributed by atoms with E-state index >= 15 is 0 Å². The average Bonchev–Trinajstić information content (AvgIpc) is 3.19. The van der Waals surface area contributed by atoms with Crippen molar-refractivity contribution in [3.8, 4) is 11.3 Å². The van der Waals surface area contributed by atoms with Crippen molar-refractivity contribution in [2.75, 3.05) is 13.1 Å². The first kappa shape index (κ1) is 14.4. The number of hydrogen-bond donors (Lipinski definition) is 0. The van der Waals surface area contributed by atoms with E-state index in [0.717, 1.165) is 49.2 Å². The largest absolute Gasteiger partial charge is 0.342 e. The SMILES string of the molecule is O=C([C@@H]1C[C@H]1c1ccc(-c2ccc(F)cc2)nc1)N1CCCC1. The minimum absolute atomic E-state index is 0.145. The highest BCUT2D eigenvalue weighted by Crippen LogP contribution is 2.48. The van der Waals surface area contributed by atoms with Crippen LogP contribution in [0.3, 0.4) is 0 Å². The van der Waals surface area contributed by atoms with Gasteiger partial charge < -0.3 is 4.90 Å². The van der Waals surface area contributed by atoms with Gasteiger partial charge in [-0.2, -0.15) is 0 Å². The number of pyridine rings is 1. The molecule has 118 valence electrons. The first-order chi connectivity index (χ1) is 11.2. The Morgan fingerprint density at radius 1 is 1.09 bits per heavy atom. The highest BCUT2D eigenvalue weighted by Gasteiger charge is 2.46. The monoisotopic (exact) mass is 310 g/mol. The quantitative estimate of drug-likeness (QED) is 0.867. The molecule has 23 heavy (non-hydrogen) atoms. The van der Waals surface area contributed by atoms with E-state index in [2.05, 4.69) is 4.98 Å². The molecule has 1 aromatic heterocycles. The zero-order valence-corrected chi connectivity index (χ0v) is 12.9.